The summed E-state index contributed by atoms with van der Waals surface area (Å²) in [6.07, 6.45) is 0. The second-order valence-corrected chi connectivity index (χ2v) is 6.79. The van der Waals surface area contributed by atoms with Crippen molar-refractivity contribution >= 4 is 22.2 Å². The molecule has 1 heterocycles. The minimum Gasteiger partial charge on any atom is -0.318 e. The number of anilines is 2. The monoisotopic (exact) mass is 307 g/mol. The van der Waals surface area contributed by atoms with Crippen LogP contribution >= 0.6 is 11.3 Å². The van der Waals surface area contributed by atoms with Gasteiger partial charge in [-0.2, -0.15) is 0 Å². The number of thiazole rings is 1. The molecule has 3 nitrogen and oxygen atoms in total. The van der Waals surface area contributed by atoms with Crippen molar-refractivity contribution in [1.82, 2.24) is 10.3 Å². The van der Waals surface area contributed by atoms with Gasteiger partial charge in [0.15, 0.2) is 5.13 Å². The smallest absolute Gasteiger partial charge is 0.190 e. The lowest BCUT2D eigenvalue weighted by molar-refractivity contribution is 0.422. The molecule has 1 aromatic heterocycles. The van der Waals surface area contributed by atoms with E-state index in [0.29, 0.717) is 0 Å². The minimum absolute atomic E-state index is 0.0663. The summed E-state index contributed by atoms with van der Waals surface area (Å²) >= 11 is 1.59. The molecule has 1 N–H and O–H groups in total. The van der Waals surface area contributed by atoms with Crippen molar-refractivity contribution < 1.29 is 4.39 Å². The fourth-order valence-electron chi connectivity index (χ4n) is 1.93. The predicted octanol–water partition coefficient (Wildman–Crippen LogP) is 4.33. The van der Waals surface area contributed by atoms with Crippen molar-refractivity contribution in [1.29, 1.82) is 0 Å². The van der Waals surface area contributed by atoms with Crippen LogP contribution in [-0.2, 0) is 6.54 Å². The lowest BCUT2D eigenvalue weighted by atomic mass is 10.1. The van der Waals surface area contributed by atoms with Gasteiger partial charge in [-0.3, -0.25) is 0 Å². The Labute approximate surface area is 129 Å². The van der Waals surface area contributed by atoms with Crippen LogP contribution in [0.25, 0.3) is 0 Å². The molecule has 0 amide bonds. The van der Waals surface area contributed by atoms with Gasteiger partial charge in [0.05, 0.1) is 5.69 Å². The summed E-state index contributed by atoms with van der Waals surface area (Å²) in [5, 5.41) is 6.37. The van der Waals surface area contributed by atoms with E-state index in [4.69, 9.17) is 0 Å². The number of aromatic nitrogens is 1. The summed E-state index contributed by atoms with van der Waals surface area (Å²) in [5.74, 6) is -0.225. The third kappa shape index (κ3) is 4.51. The number of halogens is 1. The van der Waals surface area contributed by atoms with Crippen LogP contribution < -0.4 is 10.2 Å². The Morgan fingerprint density at radius 3 is 2.71 bits per heavy atom. The van der Waals surface area contributed by atoms with Crippen LogP contribution in [0.15, 0.2) is 29.6 Å². The Morgan fingerprint density at radius 1 is 1.33 bits per heavy atom. The Hall–Kier alpha value is -1.46. The van der Waals surface area contributed by atoms with Gasteiger partial charge in [-0.25, -0.2) is 9.37 Å². The third-order valence-corrected chi connectivity index (χ3v) is 3.92. The molecule has 0 saturated carbocycles. The first-order valence-corrected chi connectivity index (χ1v) is 7.99. The number of hydrogen-bond acceptors (Lipinski definition) is 4. The number of benzene rings is 1. The maximum Gasteiger partial charge on any atom is 0.190 e. The summed E-state index contributed by atoms with van der Waals surface area (Å²) in [6, 6.07) is 6.62. The fraction of sp³-hybridized carbons (Fsp3) is 0.438. The molecule has 5 heteroatoms. The molecule has 0 atom stereocenters. The number of nitrogens with zero attached hydrogens (tertiary/aromatic N) is 2. The summed E-state index contributed by atoms with van der Waals surface area (Å²) in [6.45, 7) is 9.92. The van der Waals surface area contributed by atoms with Gasteiger partial charge in [-0.15, -0.1) is 11.3 Å². The number of nitrogens with one attached hydrogen (secondary N) is 1. The molecule has 114 valence electrons. The molecular formula is C16H22FN3S. The van der Waals surface area contributed by atoms with Crippen LogP contribution in [0.2, 0.25) is 0 Å². The maximum atomic E-state index is 13.4. The third-order valence-electron chi connectivity index (χ3n) is 3.01. The first-order valence-electron chi connectivity index (χ1n) is 7.11. The van der Waals surface area contributed by atoms with Crippen molar-refractivity contribution in [2.45, 2.75) is 39.8 Å². The highest BCUT2D eigenvalue weighted by Crippen LogP contribution is 2.28. The van der Waals surface area contributed by atoms with Crippen LogP contribution in [0, 0.1) is 5.82 Å². The Balaban J connectivity index is 2.14. The topological polar surface area (TPSA) is 28.2 Å². The Morgan fingerprint density at radius 2 is 2.10 bits per heavy atom. The molecule has 2 aromatic rings. The lowest BCUT2D eigenvalue weighted by Crippen LogP contribution is -2.35. The standard InChI is InChI=1S/C16H22FN3S/c1-5-20(14-8-6-7-12(17)9-14)15-19-13(11-21-15)10-18-16(2,3)4/h6-9,11,18H,5,10H2,1-4H3. The van der Waals surface area contributed by atoms with Gasteiger partial charge in [-0.1, -0.05) is 6.07 Å². The zero-order chi connectivity index (χ0) is 15.5. The molecular weight excluding hydrogens is 285 g/mol. The van der Waals surface area contributed by atoms with Crippen molar-refractivity contribution in [2.24, 2.45) is 0 Å². The molecule has 0 radical (unpaired) electrons. The van der Waals surface area contributed by atoms with Crippen LogP contribution in [0.3, 0.4) is 0 Å². The molecule has 1 aromatic carbocycles. The largest absolute Gasteiger partial charge is 0.318 e. The van der Waals surface area contributed by atoms with E-state index in [0.717, 1.165) is 29.6 Å². The van der Waals surface area contributed by atoms with Gasteiger partial charge in [0, 0.05) is 29.7 Å². The van der Waals surface area contributed by atoms with E-state index in [1.165, 1.54) is 12.1 Å². The van der Waals surface area contributed by atoms with Gasteiger partial charge in [0.1, 0.15) is 5.82 Å². The molecule has 2 rings (SSSR count). The summed E-state index contributed by atoms with van der Waals surface area (Å²) in [4.78, 5) is 6.67. The molecule has 0 unspecified atom stereocenters. The van der Waals surface area contributed by atoms with E-state index in [2.05, 4.69) is 36.5 Å². The molecule has 21 heavy (non-hydrogen) atoms. The van der Waals surface area contributed by atoms with Crippen molar-refractivity contribution in [3.63, 3.8) is 0 Å². The minimum atomic E-state index is -0.225. The Bertz CT molecular complexity index is 589. The van der Waals surface area contributed by atoms with Crippen molar-refractivity contribution in [3.8, 4) is 0 Å². The molecule has 0 saturated heterocycles. The SMILES string of the molecule is CCN(c1cccc(F)c1)c1nc(CNC(C)(C)C)cs1. The van der Waals surface area contributed by atoms with E-state index in [-0.39, 0.29) is 11.4 Å². The highest BCUT2D eigenvalue weighted by Gasteiger charge is 2.14. The molecule has 0 aliphatic carbocycles. The van der Waals surface area contributed by atoms with Gasteiger partial charge < -0.3 is 10.2 Å². The summed E-state index contributed by atoms with van der Waals surface area (Å²) in [5.41, 5.74) is 1.92. The van der Waals surface area contributed by atoms with E-state index >= 15 is 0 Å². The summed E-state index contributed by atoms with van der Waals surface area (Å²) in [7, 11) is 0. The molecule has 0 aliphatic heterocycles. The number of rotatable bonds is 5. The first kappa shape index (κ1) is 15.9. The van der Waals surface area contributed by atoms with E-state index in [1.54, 1.807) is 17.4 Å². The van der Waals surface area contributed by atoms with E-state index in [9.17, 15) is 4.39 Å². The highest BCUT2D eigenvalue weighted by atomic mass is 32.1. The van der Waals surface area contributed by atoms with Crippen LogP contribution in [0.5, 0.6) is 0 Å². The second-order valence-electron chi connectivity index (χ2n) is 5.95. The van der Waals surface area contributed by atoms with Crippen LogP contribution in [-0.4, -0.2) is 17.1 Å². The average molecular weight is 307 g/mol. The van der Waals surface area contributed by atoms with Gasteiger partial charge in [-0.05, 0) is 45.9 Å². The quantitative estimate of drug-likeness (QED) is 0.891. The van der Waals surface area contributed by atoms with Crippen LogP contribution in [0.4, 0.5) is 15.2 Å². The zero-order valence-electron chi connectivity index (χ0n) is 13.0. The zero-order valence-corrected chi connectivity index (χ0v) is 13.8. The lowest BCUT2D eigenvalue weighted by Gasteiger charge is -2.20. The van der Waals surface area contributed by atoms with Gasteiger partial charge >= 0.3 is 0 Å². The van der Waals surface area contributed by atoms with E-state index in [1.807, 2.05) is 17.9 Å². The first-order chi connectivity index (χ1) is 9.89. The van der Waals surface area contributed by atoms with Crippen molar-refractivity contribution in [3.05, 3.63) is 41.2 Å². The molecule has 0 bridgehead atoms. The molecule has 0 fully saturated rings. The van der Waals surface area contributed by atoms with Crippen molar-refractivity contribution in [2.75, 3.05) is 11.4 Å². The normalized spacial score (nSPS) is 11.7. The molecule has 0 spiro atoms. The fourth-order valence-corrected chi connectivity index (χ4v) is 2.84. The average Bonchev–Trinajstić information content (AvgIpc) is 2.85. The molecule has 0 aliphatic rings. The Kier molecular flexibility index (Phi) is 4.96. The van der Waals surface area contributed by atoms with Gasteiger partial charge in [0.2, 0.25) is 0 Å². The van der Waals surface area contributed by atoms with Gasteiger partial charge in [0.25, 0.3) is 0 Å². The van der Waals surface area contributed by atoms with Crippen LogP contribution in [0.1, 0.15) is 33.4 Å². The maximum absolute atomic E-state index is 13.4. The van der Waals surface area contributed by atoms with E-state index < -0.39 is 0 Å². The second kappa shape index (κ2) is 6.54. The highest BCUT2D eigenvalue weighted by molar-refractivity contribution is 7.13. The number of hydrogen-bond donors (Lipinski definition) is 1. The summed E-state index contributed by atoms with van der Waals surface area (Å²) < 4.78 is 13.4. The predicted molar refractivity (Wildman–Crippen MR) is 87.8 cm³/mol.